The van der Waals surface area contributed by atoms with Crippen LogP contribution < -0.4 is 0 Å². The lowest BCUT2D eigenvalue weighted by molar-refractivity contribution is 0.0486. The first kappa shape index (κ1) is 14.5. The average molecular weight is 366 g/mol. The zero-order valence-electron chi connectivity index (χ0n) is 9.67. The van der Waals surface area contributed by atoms with Crippen molar-refractivity contribution in [1.82, 2.24) is 0 Å². The molecule has 94 valence electrons. The largest absolute Gasteiger partial charge is 0.508 e. The van der Waals surface area contributed by atoms with Crippen LogP contribution in [0.3, 0.4) is 0 Å². The fraction of sp³-hybridized carbons (Fsp3) is 0.417. The quantitative estimate of drug-likeness (QED) is 0.816. The third-order valence-electron chi connectivity index (χ3n) is 2.16. The van der Waals surface area contributed by atoms with Gasteiger partial charge in [-0.15, -0.1) is 0 Å². The van der Waals surface area contributed by atoms with Crippen LogP contribution in [0.25, 0.3) is 0 Å². The lowest BCUT2D eigenvalue weighted by atomic mass is 10.1. The molecule has 0 aliphatic heterocycles. The van der Waals surface area contributed by atoms with E-state index in [1.807, 2.05) is 0 Å². The summed E-state index contributed by atoms with van der Waals surface area (Å²) in [7, 11) is 0. The predicted molar refractivity (Wildman–Crippen MR) is 73.2 cm³/mol. The van der Waals surface area contributed by atoms with Crippen LogP contribution in [-0.4, -0.2) is 17.7 Å². The number of esters is 1. The maximum absolute atomic E-state index is 11.8. The Morgan fingerprint density at radius 3 is 2.35 bits per heavy atom. The molecule has 0 spiro atoms. The van der Waals surface area contributed by atoms with Gasteiger partial charge >= 0.3 is 5.97 Å². The van der Waals surface area contributed by atoms with Crippen molar-refractivity contribution in [2.75, 3.05) is 6.61 Å². The monoisotopic (exact) mass is 364 g/mol. The molecule has 3 nitrogen and oxygen atoms in total. The topological polar surface area (TPSA) is 46.5 Å². The van der Waals surface area contributed by atoms with Gasteiger partial charge in [0.2, 0.25) is 0 Å². The van der Waals surface area contributed by atoms with Crippen LogP contribution in [0, 0.1) is 5.92 Å². The highest BCUT2D eigenvalue weighted by atomic mass is 79.9. The molecule has 0 saturated heterocycles. The van der Waals surface area contributed by atoms with Gasteiger partial charge in [0.05, 0.1) is 12.2 Å². The van der Waals surface area contributed by atoms with Crippen molar-refractivity contribution in [3.63, 3.8) is 0 Å². The fourth-order valence-electron chi connectivity index (χ4n) is 1.21. The molecule has 1 N–H and O–H groups in total. The second kappa shape index (κ2) is 6.40. The highest BCUT2D eigenvalue weighted by Crippen LogP contribution is 2.30. The van der Waals surface area contributed by atoms with Crippen LogP contribution >= 0.6 is 31.9 Å². The summed E-state index contributed by atoms with van der Waals surface area (Å²) in [4.78, 5) is 11.8. The Morgan fingerprint density at radius 2 is 1.88 bits per heavy atom. The van der Waals surface area contributed by atoms with Crippen LogP contribution in [-0.2, 0) is 4.74 Å². The highest BCUT2D eigenvalue weighted by molar-refractivity contribution is 9.11. The van der Waals surface area contributed by atoms with E-state index in [0.717, 1.165) is 6.42 Å². The van der Waals surface area contributed by atoms with Crippen molar-refractivity contribution in [2.24, 2.45) is 5.92 Å². The first-order valence-electron chi connectivity index (χ1n) is 5.27. The molecule has 0 saturated carbocycles. The number of rotatable bonds is 4. The van der Waals surface area contributed by atoms with E-state index in [2.05, 4.69) is 45.7 Å². The van der Waals surface area contributed by atoms with Crippen LogP contribution in [0.1, 0.15) is 30.6 Å². The molecule has 0 fully saturated rings. The Balaban J connectivity index is 2.76. The standard InChI is InChI=1S/C12H14Br2O3/c1-7(2)3-4-17-12(16)11-9(13)5-8(15)6-10(11)14/h5-7,15H,3-4H2,1-2H3. The van der Waals surface area contributed by atoms with Crippen LogP contribution in [0.5, 0.6) is 5.75 Å². The summed E-state index contributed by atoms with van der Waals surface area (Å²) in [6, 6.07) is 2.92. The smallest absolute Gasteiger partial charge is 0.340 e. The Kier molecular flexibility index (Phi) is 5.46. The van der Waals surface area contributed by atoms with E-state index in [0.29, 0.717) is 27.0 Å². The summed E-state index contributed by atoms with van der Waals surface area (Å²) < 4.78 is 6.19. The maximum Gasteiger partial charge on any atom is 0.340 e. The van der Waals surface area contributed by atoms with Gasteiger partial charge in [0.15, 0.2) is 0 Å². The molecule has 5 heteroatoms. The van der Waals surface area contributed by atoms with Gasteiger partial charge in [0.1, 0.15) is 5.75 Å². The summed E-state index contributed by atoms with van der Waals surface area (Å²) in [5, 5.41) is 9.34. The SMILES string of the molecule is CC(C)CCOC(=O)c1c(Br)cc(O)cc1Br. The second-order valence-electron chi connectivity index (χ2n) is 4.10. The summed E-state index contributed by atoms with van der Waals surface area (Å²) in [6.07, 6.45) is 0.832. The number of halogens is 2. The summed E-state index contributed by atoms with van der Waals surface area (Å²) >= 11 is 6.46. The number of ether oxygens (including phenoxy) is 1. The number of hydrogen-bond donors (Lipinski definition) is 1. The number of phenols is 1. The molecular weight excluding hydrogens is 352 g/mol. The average Bonchev–Trinajstić information content (AvgIpc) is 2.14. The highest BCUT2D eigenvalue weighted by Gasteiger charge is 2.16. The van der Waals surface area contributed by atoms with E-state index in [4.69, 9.17) is 4.74 Å². The number of carbonyl (C=O) groups is 1. The van der Waals surface area contributed by atoms with Gasteiger partial charge in [-0.1, -0.05) is 13.8 Å². The molecular formula is C12H14Br2O3. The molecule has 0 bridgehead atoms. The van der Waals surface area contributed by atoms with E-state index in [1.54, 1.807) is 0 Å². The second-order valence-corrected chi connectivity index (χ2v) is 5.81. The summed E-state index contributed by atoms with van der Waals surface area (Å²) in [6.45, 7) is 4.54. The number of hydrogen-bond acceptors (Lipinski definition) is 3. The van der Waals surface area contributed by atoms with Gasteiger partial charge in [0.25, 0.3) is 0 Å². The molecule has 0 unspecified atom stereocenters. The van der Waals surface area contributed by atoms with Gasteiger partial charge < -0.3 is 9.84 Å². The molecule has 0 aliphatic rings. The molecule has 0 heterocycles. The Hall–Kier alpha value is -0.550. The number of carbonyl (C=O) groups excluding carboxylic acids is 1. The minimum atomic E-state index is -0.399. The maximum atomic E-state index is 11.8. The van der Waals surface area contributed by atoms with Gasteiger partial charge in [-0.05, 0) is 56.3 Å². The predicted octanol–water partition coefficient (Wildman–Crippen LogP) is 4.12. The zero-order chi connectivity index (χ0) is 13.0. The molecule has 1 aromatic carbocycles. The molecule has 0 aliphatic carbocycles. The van der Waals surface area contributed by atoms with E-state index in [-0.39, 0.29) is 5.75 Å². The van der Waals surface area contributed by atoms with Crippen molar-refractivity contribution in [2.45, 2.75) is 20.3 Å². The first-order chi connectivity index (χ1) is 7.91. The van der Waals surface area contributed by atoms with Crippen molar-refractivity contribution in [1.29, 1.82) is 0 Å². The van der Waals surface area contributed by atoms with Crippen molar-refractivity contribution < 1.29 is 14.6 Å². The van der Waals surface area contributed by atoms with Gasteiger partial charge in [-0.3, -0.25) is 0 Å². The minimum absolute atomic E-state index is 0.0856. The number of benzene rings is 1. The molecule has 17 heavy (non-hydrogen) atoms. The molecule has 0 amide bonds. The fourth-order valence-corrected chi connectivity index (χ4v) is 2.70. The zero-order valence-corrected chi connectivity index (χ0v) is 12.8. The molecule has 1 rings (SSSR count). The van der Waals surface area contributed by atoms with Crippen LogP contribution in [0.2, 0.25) is 0 Å². The van der Waals surface area contributed by atoms with Crippen molar-refractivity contribution in [3.8, 4) is 5.75 Å². The summed E-state index contributed by atoms with van der Waals surface area (Å²) in [5.41, 5.74) is 0.395. The van der Waals surface area contributed by atoms with Gasteiger partial charge in [-0.25, -0.2) is 4.79 Å². The minimum Gasteiger partial charge on any atom is -0.508 e. The van der Waals surface area contributed by atoms with Gasteiger partial charge in [0, 0.05) is 8.95 Å². The molecule has 0 aromatic heterocycles. The number of phenolic OH excluding ortho intramolecular Hbond substituents is 1. The van der Waals surface area contributed by atoms with E-state index in [9.17, 15) is 9.90 Å². The van der Waals surface area contributed by atoms with E-state index in [1.165, 1.54) is 12.1 Å². The van der Waals surface area contributed by atoms with Crippen molar-refractivity contribution in [3.05, 3.63) is 26.6 Å². The normalized spacial score (nSPS) is 10.6. The number of aromatic hydroxyl groups is 1. The van der Waals surface area contributed by atoms with E-state index >= 15 is 0 Å². The lowest BCUT2D eigenvalue weighted by Crippen LogP contribution is -2.09. The summed E-state index contributed by atoms with van der Waals surface area (Å²) in [5.74, 6) is 0.182. The molecule has 1 aromatic rings. The van der Waals surface area contributed by atoms with E-state index < -0.39 is 5.97 Å². The van der Waals surface area contributed by atoms with Crippen molar-refractivity contribution >= 4 is 37.8 Å². The third-order valence-corrected chi connectivity index (χ3v) is 3.41. The molecule has 0 radical (unpaired) electrons. The Labute approximate surface area is 117 Å². The van der Waals surface area contributed by atoms with Gasteiger partial charge in [-0.2, -0.15) is 0 Å². The molecule has 0 atom stereocenters. The third kappa shape index (κ3) is 4.32. The lowest BCUT2D eigenvalue weighted by Gasteiger charge is -2.09. The Morgan fingerprint density at radius 1 is 1.35 bits per heavy atom. The van der Waals surface area contributed by atoms with Crippen LogP contribution in [0.4, 0.5) is 0 Å². The van der Waals surface area contributed by atoms with Crippen LogP contribution in [0.15, 0.2) is 21.1 Å². The Bertz CT molecular complexity index is 393. The first-order valence-corrected chi connectivity index (χ1v) is 6.85.